The van der Waals surface area contributed by atoms with Crippen LogP contribution >= 0.6 is 0 Å². The summed E-state index contributed by atoms with van der Waals surface area (Å²) in [6.45, 7) is 0. The van der Waals surface area contributed by atoms with Crippen molar-refractivity contribution in [1.82, 2.24) is 15.0 Å². The molecule has 0 saturated carbocycles. The zero-order chi connectivity index (χ0) is 39.8. The smallest absolute Gasteiger partial charge is 0.164 e. The lowest BCUT2D eigenvalue weighted by molar-refractivity contribution is 0.669. The molecule has 0 amide bonds. The molecule has 0 unspecified atom stereocenters. The number of rotatable bonds is 8. The first kappa shape index (κ1) is 35.3. The predicted molar refractivity (Wildman–Crippen MR) is 247 cm³/mol. The number of hydrogen-bond acceptors (Lipinski definition) is 5. The van der Waals surface area contributed by atoms with Crippen LogP contribution in [0.3, 0.4) is 0 Å². The van der Waals surface area contributed by atoms with Crippen molar-refractivity contribution in [3.8, 4) is 45.3 Å². The third-order valence-corrected chi connectivity index (χ3v) is 11.3. The summed E-state index contributed by atoms with van der Waals surface area (Å²) < 4.78 is 6.69. The molecule has 10 aromatic rings. The topological polar surface area (TPSA) is 55.1 Å². The van der Waals surface area contributed by atoms with E-state index in [0.29, 0.717) is 17.5 Å². The fourth-order valence-electron chi connectivity index (χ4n) is 8.23. The quantitative estimate of drug-likeness (QED) is 0.154. The van der Waals surface area contributed by atoms with E-state index in [4.69, 9.17) is 19.4 Å². The molecule has 0 atom stereocenters. The Labute approximate surface area is 348 Å². The van der Waals surface area contributed by atoms with E-state index in [1.54, 1.807) is 0 Å². The molecule has 2 heterocycles. The molecule has 0 fully saturated rings. The number of benzene rings is 8. The Morgan fingerprint density at radius 3 is 1.65 bits per heavy atom. The number of furan rings is 1. The maximum absolute atomic E-state index is 6.69. The van der Waals surface area contributed by atoms with Crippen molar-refractivity contribution in [2.75, 3.05) is 4.90 Å². The van der Waals surface area contributed by atoms with E-state index in [1.165, 1.54) is 27.6 Å². The van der Waals surface area contributed by atoms with Crippen molar-refractivity contribution in [1.29, 1.82) is 0 Å². The van der Waals surface area contributed by atoms with Crippen molar-refractivity contribution in [3.63, 3.8) is 0 Å². The van der Waals surface area contributed by atoms with E-state index >= 15 is 0 Å². The first-order valence-electron chi connectivity index (χ1n) is 20.4. The first-order valence-corrected chi connectivity index (χ1v) is 20.4. The largest absolute Gasteiger partial charge is 0.456 e. The molecule has 5 heteroatoms. The van der Waals surface area contributed by atoms with Crippen molar-refractivity contribution in [3.05, 3.63) is 212 Å². The molecule has 8 aromatic carbocycles. The second-order valence-corrected chi connectivity index (χ2v) is 15.2. The summed E-state index contributed by atoms with van der Waals surface area (Å²) in [5, 5.41) is 4.38. The molecule has 0 aliphatic heterocycles. The lowest BCUT2D eigenvalue weighted by atomic mass is 9.98. The van der Waals surface area contributed by atoms with Crippen LogP contribution in [0, 0.1) is 0 Å². The number of anilines is 3. The molecular weight excluding hydrogens is 733 g/mol. The summed E-state index contributed by atoms with van der Waals surface area (Å²) in [5.74, 6) is 1.83. The average Bonchev–Trinajstić information content (AvgIpc) is 3.70. The van der Waals surface area contributed by atoms with Gasteiger partial charge in [0.05, 0.1) is 0 Å². The molecular formula is C55H38N4O. The Morgan fingerprint density at radius 2 is 0.917 bits per heavy atom. The van der Waals surface area contributed by atoms with E-state index in [2.05, 4.69) is 199 Å². The van der Waals surface area contributed by atoms with Crippen LogP contribution in [0.5, 0.6) is 0 Å². The van der Waals surface area contributed by atoms with E-state index in [-0.39, 0.29) is 0 Å². The molecule has 60 heavy (non-hydrogen) atoms. The van der Waals surface area contributed by atoms with Crippen molar-refractivity contribution in [2.24, 2.45) is 0 Å². The van der Waals surface area contributed by atoms with E-state index in [0.717, 1.165) is 73.9 Å². The van der Waals surface area contributed by atoms with Gasteiger partial charge in [-0.1, -0.05) is 146 Å². The summed E-state index contributed by atoms with van der Waals surface area (Å²) in [6.07, 6.45) is 8.89. The lowest BCUT2D eigenvalue weighted by Gasteiger charge is -2.25. The monoisotopic (exact) mass is 770 g/mol. The number of nitrogens with zero attached hydrogens (tertiary/aromatic N) is 4. The van der Waals surface area contributed by atoms with Crippen LogP contribution in [0.2, 0.25) is 0 Å². The number of allylic oxidation sites excluding steroid dienone is 4. The van der Waals surface area contributed by atoms with E-state index < -0.39 is 0 Å². The molecule has 284 valence electrons. The van der Waals surface area contributed by atoms with E-state index in [9.17, 15) is 0 Å². The van der Waals surface area contributed by atoms with Crippen LogP contribution in [0.15, 0.2) is 211 Å². The third kappa shape index (κ3) is 6.72. The average molecular weight is 771 g/mol. The Kier molecular flexibility index (Phi) is 8.90. The summed E-state index contributed by atoms with van der Waals surface area (Å²) in [4.78, 5) is 17.5. The van der Waals surface area contributed by atoms with Gasteiger partial charge in [-0.25, -0.2) is 15.0 Å². The normalized spacial score (nSPS) is 12.6. The second-order valence-electron chi connectivity index (χ2n) is 15.2. The third-order valence-electron chi connectivity index (χ3n) is 11.3. The highest BCUT2D eigenvalue weighted by Crippen LogP contribution is 2.40. The van der Waals surface area contributed by atoms with Crippen molar-refractivity contribution in [2.45, 2.75) is 12.8 Å². The molecule has 0 bridgehead atoms. The Morgan fingerprint density at radius 1 is 0.383 bits per heavy atom. The standard InChI is InChI=1S/C55H38N4O/c1-4-12-37(13-5-1)40-20-23-42(24-21-40)53-56-54(44-25-22-39-16-10-11-17-43(39)34-44)58-55(57-53)45-28-32-49-50-33-31-48(36-52(50)60-51(49)35-45)59(46-18-8-3-9-19-46)47-29-26-41(27-30-47)38-14-6-2-7-15-38/h2-4,6-36H,1,5H2. The van der Waals surface area contributed by atoms with Gasteiger partial charge in [-0.2, -0.15) is 0 Å². The Bertz CT molecular complexity index is 3240. The zero-order valence-electron chi connectivity index (χ0n) is 32.7. The molecule has 0 spiro atoms. The van der Waals surface area contributed by atoms with Crippen LogP contribution in [-0.2, 0) is 0 Å². The molecule has 1 aliphatic rings. The fourth-order valence-corrected chi connectivity index (χ4v) is 8.23. The molecule has 0 saturated heterocycles. The highest BCUT2D eigenvalue weighted by Gasteiger charge is 2.18. The van der Waals surface area contributed by atoms with Crippen LogP contribution < -0.4 is 4.90 Å². The Hall–Kier alpha value is -7.89. The number of hydrogen-bond donors (Lipinski definition) is 0. The van der Waals surface area contributed by atoms with Gasteiger partial charge in [0.15, 0.2) is 17.5 Å². The highest BCUT2D eigenvalue weighted by atomic mass is 16.3. The highest BCUT2D eigenvalue weighted by molar-refractivity contribution is 6.07. The van der Waals surface area contributed by atoms with Gasteiger partial charge < -0.3 is 9.32 Å². The van der Waals surface area contributed by atoms with Gasteiger partial charge in [-0.3, -0.25) is 0 Å². The zero-order valence-corrected chi connectivity index (χ0v) is 32.7. The van der Waals surface area contributed by atoms with Gasteiger partial charge in [-0.15, -0.1) is 0 Å². The maximum atomic E-state index is 6.69. The van der Waals surface area contributed by atoms with Gasteiger partial charge in [0.2, 0.25) is 0 Å². The predicted octanol–water partition coefficient (Wildman–Crippen LogP) is 14.8. The molecule has 11 rings (SSSR count). The van der Waals surface area contributed by atoms with Gasteiger partial charge in [-0.05, 0) is 100 Å². The Balaban J connectivity index is 0.989. The maximum Gasteiger partial charge on any atom is 0.164 e. The van der Waals surface area contributed by atoms with Gasteiger partial charge >= 0.3 is 0 Å². The molecule has 1 aliphatic carbocycles. The van der Waals surface area contributed by atoms with Gasteiger partial charge in [0.1, 0.15) is 11.2 Å². The molecule has 2 aromatic heterocycles. The summed E-state index contributed by atoms with van der Waals surface area (Å²) in [5.41, 5.74) is 12.2. The van der Waals surface area contributed by atoms with Crippen LogP contribution in [0.4, 0.5) is 17.1 Å². The van der Waals surface area contributed by atoms with Crippen LogP contribution in [0.25, 0.3) is 83.6 Å². The number of para-hydroxylation sites is 1. The molecule has 5 nitrogen and oxygen atoms in total. The lowest BCUT2D eigenvalue weighted by Crippen LogP contribution is -2.09. The summed E-state index contributed by atoms with van der Waals surface area (Å²) >= 11 is 0. The summed E-state index contributed by atoms with van der Waals surface area (Å²) in [7, 11) is 0. The fraction of sp³-hybridized carbons (Fsp3) is 0.0364. The summed E-state index contributed by atoms with van der Waals surface area (Å²) in [6, 6.07) is 65.6. The minimum atomic E-state index is 0.586. The number of fused-ring (bicyclic) bond motifs is 4. The van der Waals surface area contributed by atoms with Gasteiger partial charge in [0, 0.05) is 50.6 Å². The van der Waals surface area contributed by atoms with Crippen LogP contribution in [-0.4, -0.2) is 15.0 Å². The van der Waals surface area contributed by atoms with Gasteiger partial charge in [0.25, 0.3) is 0 Å². The van der Waals surface area contributed by atoms with Crippen molar-refractivity contribution >= 4 is 55.3 Å². The van der Waals surface area contributed by atoms with Crippen LogP contribution in [0.1, 0.15) is 18.4 Å². The second kappa shape index (κ2) is 15.1. The minimum absolute atomic E-state index is 0.586. The minimum Gasteiger partial charge on any atom is -0.456 e. The first-order chi connectivity index (χ1) is 29.7. The number of aromatic nitrogens is 3. The molecule has 0 radical (unpaired) electrons. The van der Waals surface area contributed by atoms with Crippen molar-refractivity contribution < 1.29 is 4.42 Å². The SMILES string of the molecule is C1=CC(c2ccc(-c3nc(-c4ccc5ccccc5c4)nc(-c4ccc5c(c4)oc4cc(N(c6ccccc6)c6ccc(-c7ccccc7)cc6)ccc45)n3)cc2)=CCC1. The molecule has 0 N–H and O–H groups in total. The van der Waals surface area contributed by atoms with E-state index in [1.807, 2.05) is 12.1 Å².